The minimum atomic E-state index is -1.08. The van der Waals surface area contributed by atoms with Crippen LogP contribution in [0.15, 0.2) is 59.2 Å². The van der Waals surface area contributed by atoms with Crippen molar-refractivity contribution in [2.75, 3.05) is 13.7 Å². The Morgan fingerprint density at radius 3 is 2.67 bits per heavy atom. The number of benzene rings is 2. The summed E-state index contributed by atoms with van der Waals surface area (Å²) in [4.78, 5) is 26.4. The van der Waals surface area contributed by atoms with E-state index < -0.39 is 23.9 Å². The molecule has 2 heterocycles. The van der Waals surface area contributed by atoms with Gasteiger partial charge in [-0.05, 0) is 11.2 Å². The largest absolute Gasteiger partial charge is 0.356 e. The average molecular weight is 410 g/mol. The number of morpholine rings is 1. The van der Waals surface area contributed by atoms with Gasteiger partial charge in [-0.1, -0.05) is 53.7 Å². The van der Waals surface area contributed by atoms with Gasteiger partial charge in [-0.25, -0.2) is 9.02 Å². The summed E-state index contributed by atoms with van der Waals surface area (Å²) in [6, 6.07) is 14.4. The van der Waals surface area contributed by atoms with E-state index in [2.05, 4.69) is 15.6 Å². The molecule has 1 fully saturated rings. The molecule has 2 aromatic carbocycles. The van der Waals surface area contributed by atoms with Crippen LogP contribution < -0.4 is 5.32 Å². The third kappa shape index (κ3) is 3.79. The number of halogens is 1. The molecule has 0 spiro atoms. The van der Waals surface area contributed by atoms with Crippen molar-refractivity contribution in [1.82, 2.24) is 20.5 Å². The van der Waals surface area contributed by atoms with Crippen molar-refractivity contribution in [3.63, 3.8) is 0 Å². The average Bonchev–Trinajstić information content (AvgIpc) is 3.24. The molecule has 0 radical (unpaired) electrons. The Labute approximate surface area is 171 Å². The highest BCUT2D eigenvalue weighted by Crippen LogP contribution is 2.31. The number of hydrogen-bond acceptors (Lipinski definition) is 6. The van der Waals surface area contributed by atoms with Crippen molar-refractivity contribution in [3.8, 4) is 11.3 Å². The SMILES string of the molecule is CN1C(=O)COC(C(=O)NCc2nonc2-c2ccccc2)C1c1ccccc1F. The zero-order valence-electron chi connectivity index (χ0n) is 16.1. The van der Waals surface area contributed by atoms with Gasteiger partial charge < -0.3 is 15.0 Å². The molecule has 1 saturated heterocycles. The van der Waals surface area contributed by atoms with Gasteiger partial charge in [-0.2, -0.15) is 0 Å². The Bertz CT molecular complexity index is 1060. The topological polar surface area (TPSA) is 97.6 Å². The highest BCUT2D eigenvalue weighted by Gasteiger charge is 2.41. The van der Waals surface area contributed by atoms with E-state index in [0.29, 0.717) is 11.4 Å². The van der Waals surface area contributed by atoms with Crippen molar-refractivity contribution in [3.05, 3.63) is 71.7 Å². The van der Waals surface area contributed by atoms with Gasteiger partial charge in [-0.3, -0.25) is 9.59 Å². The first kappa shape index (κ1) is 19.7. The molecule has 1 aromatic heterocycles. The summed E-state index contributed by atoms with van der Waals surface area (Å²) >= 11 is 0. The molecule has 0 bridgehead atoms. The molecular weight excluding hydrogens is 391 g/mol. The van der Waals surface area contributed by atoms with Gasteiger partial charge in [0.2, 0.25) is 5.91 Å². The molecule has 2 atom stereocenters. The first-order chi connectivity index (χ1) is 14.6. The summed E-state index contributed by atoms with van der Waals surface area (Å²) in [5, 5.41) is 10.5. The Morgan fingerprint density at radius 2 is 1.90 bits per heavy atom. The molecule has 1 aliphatic heterocycles. The fourth-order valence-electron chi connectivity index (χ4n) is 3.43. The summed E-state index contributed by atoms with van der Waals surface area (Å²) in [5.41, 5.74) is 1.96. The number of carbonyl (C=O) groups is 2. The van der Waals surface area contributed by atoms with Crippen LogP contribution in [-0.4, -0.2) is 46.8 Å². The van der Waals surface area contributed by atoms with Crippen molar-refractivity contribution in [2.45, 2.75) is 18.7 Å². The Balaban J connectivity index is 1.53. The molecule has 3 aromatic rings. The maximum Gasteiger partial charge on any atom is 0.252 e. The van der Waals surface area contributed by atoms with Crippen molar-refractivity contribution in [2.24, 2.45) is 0 Å². The molecule has 8 nitrogen and oxygen atoms in total. The minimum absolute atomic E-state index is 0.0358. The second kappa shape index (κ2) is 8.42. The normalized spacial score (nSPS) is 19.0. The van der Waals surface area contributed by atoms with Crippen LogP contribution in [0.5, 0.6) is 0 Å². The number of ether oxygens (including phenoxy) is 1. The van der Waals surface area contributed by atoms with E-state index in [0.717, 1.165) is 5.56 Å². The number of carbonyl (C=O) groups excluding carboxylic acids is 2. The molecule has 2 unspecified atom stereocenters. The van der Waals surface area contributed by atoms with Crippen LogP contribution in [0, 0.1) is 5.82 Å². The summed E-state index contributed by atoms with van der Waals surface area (Å²) in [7, 11) is 1.53. The second-order valence-electron chi connectivity index (χ2n) is 6.85. The minimum Gasteiger partial charge on any atom is -0.356 e. The summed E-state index contributed by atoms with van der Waals surface area (Å²) in [6.07, 6.45) is -1.08. The third-order valence-electron chi connectivity index (χ3n) is 5.00. The van der Waals surface area contributed by atoms with Gasteiger partial charge in [0.1, 0.15) is 23.8 Å². The lowest BCUT2D eigenvalue weighted by atomic mass is 9.97. The van der Waals surface area contributed by atoms with E-state index >= 15 is 0 Å². The van der Waals surface area contributed by atoms with Gasteiger partial charge in [0.25, 0.3) is 5.91 Å². The van der Waals surface area contributed by atoms with Gasteiger partial charge in [0.05, 0.1) is 12.6 Å². The van der Waals surface area contributed by atoms with Gasteiger partial charge in [0, 0.05) is 18.2 Å². The number of hydrogen-bond donors (Lipinski definition) is 1. The van der Waals surface area contributed by atoms with Crippen LogP contribution in [0.25, 0.3) is 11.3 Å². The summed E-state index contributed by atoms with van der Waals surface area (Å²) < 4.78 is 24.7. The Hall–Kier alpha value is -3.59. The molecule has 0 aliphatic carbocycles. The maximum atomic E-state index is 14.4. The number of likely N-dealkylation sites (N-methyl/N-ethyl adjacent to an activating group) is 1. The first-order valence-electron chi connectivity index (χ1n) is 9.32. The van der Waals surface area contributed by atoms with Gasteiger partial charge in [-0.15, -0.1) is 0 Å². The van der Waals surface area contributed by atoms with Crippen LogP contribution in [-0.2, 0) is 20.9 Å². The van der Waals surface area contributed by atoms with Crippen LogP contribution in [0.3, 0.4) is 0 Å². The van der Waals surface area contributed by atoms with Gasteiger partial charge >= 0.3 is 0 Å². The van der Waals surface area contributed by atoms with Crippen LogP contribution >= 0.6 is 0 Å². The van der Waals surface area contributed by atoms with E-state index in [4.69, 9.17) is 9.37 Å². The fourth-order valence-corrected chi connectivity index (χ4v) is 3.43. The highest BCUT2D eigenvalue weighted by molar-refractivity contribution is 5.86. The number of amides is 2. The van der Waals surface area contributed by atoms with Crippen LogP contribution in [0.1, 0.15) is 17.3 Å². The number of nitrogens with zero attached hydrogens (tertiary/aromatic N) is 3. The van der Waals surface area contributed by atoms with Crippen molar-refractivity contribution < 1.29 is 23.3 Å². The van der Waals surface area contributed by atoms with E-state index in [1.807, 2.05) is 30.3 Å². The zero-order chi connectivity index (χ0) is 21.1. The molecule has 9 heteroatoms. The molecule has 4 rings (SSSR count). The fraction of sp³-hybridized carbons (Fsp3) is 0.238. The zero-order valence-corrected chi connectivity index (χ0v) is 16.1. The highest BCUT2D eigenvalue weighted by atomic mass is 19.1. The van der Waals surface area contributed by atoms with E-state index in [1.54, 1.807) is 12.1 Å². The van der Waals surface area contributed by atoms with Crippen molar-refractivity contribution >= 4 is 11.8 Å². The van der Waals surface area contributed by atoms with E-state index in [-0.39, 0.29) is 24.6 Å². The molecule has 30 heavy (non-hydrogen) atoms. The number of rotatable bonds is 5. The molecule has 154 valence electrons. The molecule has 1 N–H and O–H groups in total. The molecule has 1 aliphatic rings. The standard InChI is InChI=1S/C21H19FN4O4/c1-26-17(27)12-29-20(19(26)14-9-5-6-10-15(14)22)21(28)23-11-16-18(25-30-24-16)13-7-3-2-4-8-13/h2-10,19-20H,11-12H2,1H3,(H,23,28). The van der Waals surface area contributed by atoms with Crippen LogP contribution in [0.4, 0.5) is 4.39 Å². The number of aromatic nitrogens is 2. The van der Waals surface area contributed by atoms with E-state index in [9.17, 15) is 14.0 Å². The van der Waals surface area contributed by atoms with Gasteiger partial charge in [0.15, 0.2) is 6.10 Å². The van der Waals surface area contributed by atoms with Crippen LogP contribution in [0.2, 0.25) is 0 Å². The Morgan fingerprint density at radius 1 is 1.17 bits per heavy atom. The predicted molar refractivity (Wildman–Crippen MR) is 103 cm³/mol. The smallest absolute Gasteiger partial charge is 0.252 e. The second-order valence-corrected chi connectivity index (χ2v) is 6.85. The lowest BCUT2D eigenvalue weighted by Crippen LogP contribution is -2.53. The number of nitrogens with one attached hydrogen (secondary N) is 1. The lowest BCUT2D eigenvalue weighted by molar-refractivity contribution is -0.162. The summed E-state index contributed by atoms with van der Waals surface area (Å²) in [5.74, 6) is -1.35. The van der Waals surface area contributed by atoms with Crippen molar-refractivity contribution in [1.29, 1.82) is 0 Å². The lowest BCUT2D eigenvalue weighted by Gasteiger charge is -2.38. The van der Waals surface area contributed by atoms with E-state index in [1.165, 1.54) is 24.1 Å². The third-order valence-corrected chi connectivity index (χ3v) is 5.00. The quantitative estimate of drug-likeness (QED) is 0.692. The molecule has 0 saturated carbocycles. The first-order valence-corrected chi connectivity index (χ1v) is 9.32. The molecule has 2 amide bonds. The maximum absolute atomic E-state index is 14.4. The Kier molecular flexibility index (Phi) is 5.53. The molecular formula is C21H19FN4O4. The predicted octanol–water partition coefficient (Wildman–Crippen LogP) is 2.09. The summed E-state index contributed by atoms with van der Waals surface area (Å²) in [6.45, 7) is -0.228. The monoisotopic (exact) mass is 410 g/mol.